The van der Waals surface area contributed by atoms with Crippen molar-refractivity contribution in [3.05, 3.63) is 24.3 Å². The van der Waals surface area contributed by atoms with Crippen LogP contribution in [-0.4, -0.2) is 43.3 Å². The number of rotatable bonds is 4. The molecular weight excluding hydrogens is 228 g/mol. The van der Waals surface area contributed by atoms with E-state index in [0.29, 0.717) is 24.5 Å². The number of hydrogen-bond donors (Lipinski definition) is 1. The van der Waals surface area contributed by atoms with E-state index in [2.05, 4.69) is 18.7 Å². The average molecular weight is 250 g/mol. The Bertz CT molecular complexity index is 374. The summed E-state index contributed by atoms with van der Waals surface area (Å²) in [5, 5.41) is 0. The maximum absolute atomic E-state index is 5.83. The fourth-order valence-corrected chi connectivity index (χ4v) is 2.36. The predicted molar refractivity (Wildman–Crippen MR) is 72.8 cm³/mol. The van der Waals surface area contributed by atoms with Crippen LogP contribution in [0.4, 0.5) is 5.69 Å². The lowest BCUT2D eigenvalue weighted by Gasteiger charge is -2.35. The topological polar surface area (TPSA) is 47.7 Å². The maximum atomic E-state index is 5.83. The third kappa shape index (κ3) is 3.62. The molecule has 1 fully saturated rings. The molecule has 0 spiro atoms. The first-order chi connectivity index (χ1) is 8.65. The Morgan fingerprint density at radius 3 is 2.61 bits per heavy atom. The zero-order valence-corrected chi connectivity index (χ0v) is 11.1. The van der Waals surface area contributed by atoms with Crippen molar-refractivity contribution in [1.29, 1.82) is 0 Å². The van der Waals surface area contributed by atoms with Gasteiger partial charge in [-0.3, -0.25) is 4.90 Å². The molecule has 2 atom stereocenters. The molecule has 2 N–H and O–H groups in total. The molecular formula is C14H22N2O2. The molecule has 100 valence electrons. The van der Waals surface area contributed by atoms with E-state index in [9.17, 15) is 0 Å². The Balaban J connectivity index is 1.77. The van der Waals surface area contributed by atoms with Gasteiger partial charge in [-0.15, -0.1) is 0 Å². The molecule has 2 unspecified atom stereocenters. The van der Waals surface area contributed by atoms with Gasteiger partial charge in [-0.25, -0.2) is 0 Å². The van der Waals surface area contributed by atoms with Gasteiger partial charge in [-0.1, -0.05) is 12.1 Å². The van der Waals surface area contributed by atoms with E-state index in [0.717, 1.165) is 25.4 Å². The summed E-state index contributed by atoms with van der Waals surface area (Å²) in [7, 11) is 0. The first kappa shape index (κ1) is 13.2. The Kier molecular flexibility index (Phi) is 4.44. The summed E-state index contributed by atoms with van der Waals surface area (Å²) in [4.78, 5) is 2.37. The van der Waals surface area contributed by atoms with Gasteiger partial charge in [0.25, 0.3) is 0 Å². The number of anilines is 1. The van der Waals surface area contributed by atoms with Crippen LogP contribution in [0.3, 0.4) is 0 Å². The van der Waals surface area contributed by atoms with Gasteiger partial charge in [0.05, 0.1) is 17.9 Å². The smallest absolute Gasteiger partial charge is 0.142 e. The van der Waals surface area contributed by atoms with Crippen LogP contribution in [0, 0.1) is 0 Å². The minimum absolute atomic E-state index is 0.301. The van der Waals surface area contributed by atoms with E-state index in [-0.39, 0.29) is 0 Å². The number of benzene rings is 1. The Hall–Kier alpha value is -1.26. The monoisotopic (exact) mass is 250 g/mol. The van der Waals surface area contributed by atoms with Crippen molar-refractivity contribution >= 4 is 5.69 Å². The number of para-hydroxylation sites is 2. The van der Waals surface area contributed by atoms with Gasteiger partial charge in [-0.05, 0) is 26.0 Å². The quantitative estimate of drug-likeness (QED) is 0.827. The second-order valence-corrected chi connectivity index (χ2v) is 4.90. The summed E-state index contributed by atoms with van der Waals surface area (Å²) in [6.07, 6.45) is 0.603. The van der Waals surface area contributed by atoms with Crippen molar-refractivity contribution in [2.24, 2.45) is 0 Å². The highest BCUT2D eigenvalue weighted by molar-refractivity contribution is 5.51. The third-order valence-corrected chi connectivity index (χ3v) is 3.08. The summed E-state index contributed by atoms with van der Waals surface area (Å²) in [5.41, 5.74) is 6.52. The molecule has 1 aromatic rings. The van der Waals surface area contributed by atoms with Crippen LogP contribution in [0.1, 0.15) is 13.8 Å². The zero-order valence-electron chi connectivity index (χ0n) is 11.1. The lowest BCUT2D eigenvalue weighted by Crippen LogP contribution is -2.46. The summed E-state index contributed by atoms with van der Waals surface area (Å²) in [5.74, 6) is 0.770. The minimum Gasteiger partial charge on any atom is -0.490 e. The number of nitrogen functional groups attached to an aromatic ring is 1. The van der Waals surface area contributed by atoms with Crippen molar-refractivity contribution in [2.45, 2.75) is 26.1 Å². The van der Waals surface area contributed by atoms with Crippen molar-refractivity contribution < 1.29 is 9.47 Å². The highest BCUT2D eigenvalue weighted by Gasteiger charge is 2.21. The van der Waals surface area contributed by atoms with Crippen LogP contribution in [0.15, 0.2) is 24.3 Å². The molecule has 4 nitrogen and oxygen atoms in total. The lowest BCUT2D eigenvalue weighted by molar-refractivity contribution is -0.0699. The molecule has 1 aromatic carbocycles. The van der Waals surface area contributed by atoms with Gasteiger partial charge in [0.1, 0.15) is 12.4 Å². The van der Waals surface area contributed by atoms with E-state index in [1.807, 2.05) is 24.3 Å². The average Bonchev–Trinajstić information content (AvgIpc) is 2.30. The Morgan fingerprint density at radius 2 is 1.94 bits per heavy atom. The molecule has 0 aliphatic carbocycles. The molecule has 0 saturated carbocycles. The van der Waals surface area contributed by atoms with Gasteiger partial charge in [0, 0.05) is 19.6 Å². The van der Waals surface area contributed by atoms with Crippen LogP contribution < -0.4 is 10.5 Å². The first-order valence-electron chi connectivity index (χ1n) is 6.50. The first-order valence-corrected chi connectivity index (χ1v) is 6.50. The van der Waals surface area contributed by atoms with Gasteiger partial charge < -0.3 is 15.2 Å². The highest BCUT2D eigenvalue weighted by atomic mass is 16.5. The molecule has 0 amide bonds. The second-order valence-electron chi connectivity index (χ2n) is 4.90. The zero-order chi connectivity index (χ0) is 13.0. The Labute approximate surface area is 109 Å². The van der Waals surface area contributed by atoms with Crippen molar-refractivity contribution in [2.75, 3.05) is 32.0 Å². The van der Waals surface area contributed by atoms with Crippen molar-refractivity contribution in [3.63, 3.8) is 0 Å². The maximum Gasteiger partial charge on any atom is 0.142 e. The Morgan fingerprint density at radius 1 is 1.28 bits per heavy atom. The van der Waals surface area contributed by atoms with Crippen LogP contribution >= 0.6 is 0 Å². The molecule has 1 saturated heterocycles. The molecule has 18 heavy (non-hydrogen) atoms. The largest absolute Gasteiger partial charge is 0.490 e. The molecule has 1 heterocycles. The van der Waals surface area contributed by atoms with Crippen LogP contribution in [0.25, 0.3) is 0 Å². The van der Waals surface area contributed by atoms with E-state index < -0.39 is 0 Å². The molecule has 1 aliphatic heterocycles. The molecule has 1 aliphatic rings. The molecule has 4 heteroatoms. The number of hydrogen-bond acceptors (Lipinski definition) is 4. The second kappa shape index (κ2) is 6.07. The van der Waals surface area contributed by atoms with E-state index in [1.165, 1.54) is 0 Å². The fraction of sp³-hybridized carbons (Fsp3) is 0.571. The molecule has 2 rings (SSSR count). The minimum atomic E-state index is 0.301. The fourth-order valence-electron chi connectivity index (χ4n) is 2.36. The third-order valence-electron chi connectivity index (χ3n) is 3.08. The number of nitrogens with zero attached hydrogens (tertiary/aromatic N) is 1. The van der Waals surface area contributed by atoms with Gasteiger partial charge >= 0.3 is 0 Å². The normalized spacial score (nSPS) is 25.0. The van der Waals surface area contributed by atoms with Crippen molar-refractivity contribution in [1.82, 2.24) is 4.90 Å². The lowest BCUT2D eigenvalue weighted by atomic mass is 10.2. The van der Waals surface area contributed by atoms with E-state index in [1.54, 1.807) is 0 Å². The predicted octanol–water partition coefficient (Wildman–Crippen LogP) is 1.76. The summed E-state index contributed by atoms with van der Waals surface area (Å²) in [6, 6.07) is 7.60. The van der Waals surface area contributed by atoms with E-state index >= 15 is 0 Å². The van der Waals surface area contributed by atoms with Gasteiger partial charge in [-0.2, -0.15) is 0 Å². The summed E-state index contributed by atoms with van der Waals surface area (Å²) in [6.45, 7) is 7.73. The SMILES string of the molecule is CC1CN(CCOc2ccccc2N)CC(C)O1. The van der Waals surface area contributed by atoms with Crippen molar-refractivity contribution in [3.8, 4) is 5.75 Å². The number of nitrogens with two attached hydrogens (primary N) is 1. The van der Waals surface area contributed by atoms with Gasteiger partial charge in [0.2, 0.25) is 0 Å². The summed E-state index contributed by atoms with van der Waals surface area (Å²) >= 11 is 0. The van der Waals surface area contributed by atoms with Crippen LogP contribution in [0.2, 0.25) is 0 Å². The summed E-state index contributed by atoms with van der Waals surface area (Å²) < 4.78 is 11.4. The highest BCUT2D eigenvalue weighted by Crippen LogP contribution is 2.19. The van der Waals surface area contributed by atoms with Gasteiger partial charge in [0.15, 0.2) is 0 Å². The molecule has 0 bridgehead atoms. The molecule has 0 radical (unpaired) electrons. The molecule has 0 aromatic heterocycles. The standard InChI is InChI=1S/C14H22N2O2/c1-11-9-16(10-12(2)18-11)7-8-17-14-6-4-3-5-13(14)15/h3-6,11-12H,7-10,15H2,1-2H3. The van der Waals surface area contributed by atoms with Crippen LogP contribution in [0.5, 0.6) is 5.75 Å². The number of ether oxygens (including phenoxy) is 2. The van der Waals surface area contributed by atoms with Crippen LogP contribution in [-0.2, 0) is 4.74 Å². The van der Waals surface area contributed by atoms with E-state index in [4.69, 9.17) is 15.2 Å². The number of morpholine rings is 1.